The molecule has 10 heavy (non-hydrogen) atoms. The minimum absolute atomic E-state index is 0.114. The Labute approximate surface area is 60.0 Å². The van der Waals surface area contributed by atoms with Crippen molar-refractivity contribution in [3.05, 3.63) is 0 Å². The molecule has 0 unspecified atom stereocenters. The highest BCUT2D eigenvalue weighted by Crippen LogP contribution is 2.47. The molecular weight excluding hydrogens is 132 g/mol. The summed E-state index contributed by atoms with van der Waals surface area (Å²) in [6.45, 7) is 1.13. The quantitative estimate of drug-likeness (QED) is 0.446. The molecule has 58 valence electrons. The highest BCUT2D eigenvalue weighted by molar-refractivity contribution is 5.36. The number of aliphatic hydroxyl groups excluding tert-OH is 1. The Bertz CT molecular complexity index is 118. The van der Waals surface area contributed by atoms with E-state index in [0.717, 1.165) is 19.3 Å². The van der Waals surface area contributed by atoms with Crippen molar-refractivity contribution in [2.45, 2.75) is 19.3 Å². The molecular formula is C7H12O3. The normalized spacial score (nSPS) is 20.1. The lowest BCUT2D eigenvalue weighted by Crippen LogP contribution is -2.09. The molecule has 3 heteroatoms. The Morgan fingerprint density at radius 3 is 2.70 bits per heavy atom. The summed E-state index contributed by atoms with van der Waals surface area (Å²) in [5.41, 5.74) is 0.114. The van der Waals surface area contributed by atoms with E-state index in [4.69, 9.17) is 5.11 Å². The van der Waals surface area contributed by atoms with Crippen LogP contribution in [0.5, 0.6) is 0 Å². The van der Waals surface area contributed by atoms with Crippen molar-refractivity contribution in [1.82, 2.24) is 0 Å². The topological polar surface area (TPSA) is 46.5 Å². The van der Waals surface area contributed by atoms with Gasteiger partial charge < -0.3 is 9.84 Å². The van der Waals surface area contributed by atoms with E-state index >= 15 is 0 Å². The van der Waals surface area contributed by atoms with E-state index < -0.39 is 0 Å². The van der Waals surface area contributed by atoms with Crippen LogP contribution in [0.3, 0.4) is 0 Å². The fourth-order valence-electron chi connectivity index (χ4n) is 0.987. The van der Waals surface area contributed by atoms with Crippen molar-refractivity contribution in [2.75, 3.05) is 13.2 Å². The van der Waals surface area contributed by atoms with Crippen LogP contribution < -0.4 is 0 Å². The van der Waals surface area contributed by atoms with Gasteiger partial charge in [0.25, 0.3) is 6.47 Å². The number of hydrogen-bond donors (Lipinski definition) is 1. The zero-order valence-corrected chi connectivity index (χ0v) is 5.88. The molecule has 1 N–H and O–H groups in total. The fourth-order valence-corrected chi connectivity index (χ4v) is 0.987. The Kier molecular flexibility index (Phi) is 2.27. The summed E-state index contributed by atoms with van der Waals surface area (Å²) < 4.78 is 4.52. The lowest BCUT2D eigenvalue weighted by molar-refractivity contribution is -0.129. The van der Waals surface area contributed by atoms with Gasteiger partial charge in [-0.2, -0.15) is 0 Å². The lowest BCUT2D eigenvalue weighted by atomic mass is 10.1. The molecule has 0 aliphatic heterocycles. The maximum atomic E-state index is 9.71. The Hall–Kier alpha value is -0.570. The molecule has 0 aromatic rings. The van der Waals surface area contributed by atoms with Crippen molar-refractivity contribution >= 4 is 6.47 Å². The first kappa shape index (κ1) is 7.54. The molecule has 1 fully saturated rings. The molecule has 1 aliphatic rings. The van der Waals surface area contributed by atoms with Crippen LogP contribution in [-0.2, 0) is 9.53 Å². The van der Waals surface area contributed by atoms with E-state index in [1.165, 1.54) is 0 Å². The monoisotopic (exact) mass is 144 g/mol. The predicted molar refractivity (Wildman–Crippen MR) is 35.4 cm³/mol. The third kappa shape index (κ3) is 1.70. The van der Waals surface area contributed by atoms with Crippen molar-refractivity contribution < 1.29 is 14.6 Å². The standard InChI is InChI=1S/C7H12O3/c8-5-7(1-2-7)3-4-10-6-9/h6,8H,1-5H2. The maximum absolute atomic E-state index is 9.71. The predicted octanol–water partition coefficient (Wildman–Crippen LogP) is 0.322. The Morgan fingerprint density at radius 2 is 2.30 bits per heavy atom. The van der Waals surface area contributed by atoms with Gasteiger partial charge in [-0.1, -0.05) is 0 Å². The van der Waals surface area contributed by atoms with E-state index in [-0.39, 0.29) is 12.0 Å². The number of hydrogen-bond acceptors (Lipinski definition) is 3. The van der Waals surface area contributed by atoms with E-state index in [0.29, 0.717) is 13.1 Å². The van der Waals surface area contributed by atoms with Gasteiger partial charge in [-0.3, -0.25) is 4.79 Å². The second-order valence-electron chi connectivity index (χ2n) is 2.88. The number of rotatable bonds is 5. The maximum Gasteiger partial charge on any atom is 0.293 e. The molecule has 0 bridgehead atoms. The molecule has 0 amide bonds. The average Bonchev–Trinajstić information content (AvgIpc) is 2.70. The van der Waals surface area contributed by atoms with Gasteiger partial charge in [0.1, 0.15) is 0 Å². The van der Waals surface area contributed by atoms with Crippen molar-refractivity contribution in [1.29, 1.82) is 0 Å². The second-order valence-corrected chi connectivity index (χ2v) is 2.88. The molecule has 0 saturated heterocycles. The third-order valence-corrected chi connectivity index (χ3v) is 2.11. The summed E-state index contributed by atoms with van der Waals surface area (Å²) >= 11 is 0. The first-order valence-electron chi connectivity index (χ1n) is 3.49. The number of aliphatic hydroxyl groups is 1. The van der Waals surface area contributed by atoms with Crippen LogP contribution in [-0.4, -0.2) is 24.8 Å². The number of ether oxygens (including phenoxy) is 1. The van der Waals surface area contributed by atoms with Gasteiger partial charge in [0.05, 0.1) is 6.61 Å². The summed E-state index contributed by atoms with van der Waals surface area (Å²) in [7, 11) is 0. The van der Waals surface area contributed by atoms with Gasteiger partial charge >= 0.3 is 0 Å². The molecule has 0 atom stereocenters. The lowest BCUT2D eigenvalue weighted by Gasteiger charge is -2.08. The summed E-state index contributed by atoms with van der Waals surface area (Å²) in [6.07, 6.45) is 2.96. The Balaban J connectivity index is 2.06. The zero-order valence-electron chi connectivity index (χ0n) is 5.88. The van der Waals surface area contributed by atoms with Crippen molar-refractivity contribution in [2.24, 2.45) is 5.41 Å². The van der Waals surface area contributed by atoms with Gasteiger partial charge in [-0.15, -0.1) is 0 Å². The summed E-state index contributed by atoms with van der Waals surface area (Å²) in [6, 6.07) is 0. The zero-order chi connectivity index (χ0) is 7.45. The van der Waals surface area contributed by atoms with Gasteiger partial charge in [-0.25, -0.2) is 0 Å². The van der Waals surface area contributed by atoms with Gasteiger partial charge in [0.15, 0.2) is 0 Å². The van der Waals surface area contributed by atoms with E-state index in [1.54, 1.807) is 0 Å². The van der Waals surface area contributed by atoms with Gasteiger partial charge in [0, 0.05) is 6.61 Å². The van der Waals surface area contributed by atoms with Gasteiger partial charge in [-0.05, 0) is 24.7 Å². The molecule has 1 rings (SSSR count). The smallest absolute Gasteiger partial charge is 0.293 e. The summed E-state index contributed by atoms with van der Waals surface area (Å²) in [5.74, 6) is 0. The second kappa shape index (κ2) is 3.01. The molecule has 0 aromatic carbocycles. The minimum atomic E-state index is 0.114. The molecule has 1 aliphatic carbocycles. The van der Waals surface area contributed by atoms with E-state index in [2.05, 4.69) is 4.74 Å². The molecule has 0 heterocycles. The summed E-state index contributed by atoms with van der Waals surface area (Å²) in [4.78, 5) is 9.71. The molecule has 3 nitrogen and oxygen atoms in total. The molecule has 0 aromatic heterocycles. The van der Waals surface area contributed by atoms with E-state index in [1.807, 2.05) is 0 Å². The van der Waals surface area contributed by atoms with Crippen LogP contribution in [0.15, 0.2) is 0 Å². The molecule has 0 radical (unpaired) electrons. The van der Waals surface area contributed by atoms with Crippen LogP contribution in [0.4, 0.5) is 0 Å². The SMILES string of the molecule is O=COCCC1(CO)CC1. The van der Waals surface area contributed by atoms with Gasteiger partial charge in [0.2, 0.25) is 0 Å². The van der Waals surface area contributed by atoms with Crippen LogP contribution in [0.25, 0.3) is 0 Å². The average molecular weight is 144 g/mol. The van der Waals surface area contributed by atoms with E-state index in [9.17, 15) is 4.79 Å². The Morgan fingerprint density at radius 1 is 1.60 bits per heavy atom. The van der Waals surface area contributed by atoms with Crippen LogP contribution in [0.2, 0.25) is 0 Å². The van der Waals surface area contributed by atoms with Crippen molar-refractivity contribution in [3.63, 3.8) is 0 Å². The highest BCUT2D eigenvalue weighted by Gasteiger charge is 2.41. The van der Waals surface area contributed by atoms with Crippen molar-refractivity contribution in [3.8, 4) is 0 Å². The van der Waals surface area contributed by atoms with Crippen LogP contribution in [0.1, 0.15) is 19.3 Å². The first-order valence-corrected chi connectivity index (χ1v) is 3.49. The number of carbonyl (C=O) groups excluding carboxylic acids is 1. The van der Waals surface area contributed by atoms with Crippen LogP contribution in [0, 0.1) is 5.41 Å². The fraction of sp³-hybridized carbons (Fsp3) is 0.857. The van der Waals surface area contributed by atoms with Crippen LogP contribution >= 0.6 is 0 Å². The summed E-state index contributed by atoms with van der Waals surface area (Å²) in [5, 5.41) is 8.81. The largest absolute Gasteiger partial charge is 0.468 e. The number of carbonyl (C=O) groups is 1. The molecule has 1 saturated carbocycles. The highest BCUT2D eigenvalue weighted by atomic mass is 16.5. The third-order valence-electron chi connectivity index (χ3n) is 2.11. The minimum Gasteiger partial charge on any atom is -0.468 e. The molecule has 0 spiro atoms. The first-order chi connectivity index (χ1) is 4.83.